The molecule has 1 fully saturated rings. The highest BCUT2D eigenvalue weighted by Gasteiger charge is 2.48. The molecule has 0 atom stereocenters. The smallest absolute Gasteiger partial charge is 0.343 e. The zero-order valence-electron chi connectivity index (χ0n) is 15.7. The van der Waals surface area contributed by atoms with Crippen molar-refractivity contribution in [3.63, 3.8) is 0 Å². The maximum atomic E-state index is 12.8. The van der Waals surface area contributed by atoms with Gasteiger partial charge in [0, 0.05) is 12.1 Å². The number of sulfonamides is 1. The van der Waals surface area contributed by atoms with E-state index in [9.17, 15) is 18.0 Å². The van der Waals surface area contributed by atoms with E-state index in [1.54, 1.807) is 6.92 Å². The van der Waals surface area contributed by atoms with Crippen molar-refractivity contribution in [2.24, 2.45) is 0 Å². The first-order valence-corrected chi connectivity index (χ1v) is 10.9. The van der Waals surface area contributed by atoms with Crippen molar-refractivity contribution in [1.29, 1.82) is 5.26 Å². The summed E-state index contributed by atoms with van der Waals surface area (Å²) < 4.78 is 37.2. The summed E-state index contributed by atoms with van der Waals surface area (Å²) in [7, 11) is -4.01. The van der Waals surface area contributed by atoms with Gasteiger partial charge >= 0.3 is 5.97 Å². The molecule has 30 heavy (non-hydrogen) atoms. The van der Waals surface area contributed by atoms with Crippen LogP contribution in [0.4, 0.5) is 0 Å². The summed E-state index contributed by atoms with van der Waals surface area (Å²) in [6, 6.07) is 8.08. The Morgan fingerprint density at radius 3 is 2.67 bits per heavy atom. The van der Waals surface area contributed by atoms with Gasteiger partial charge in [0.2, 0.25) is 0 Å². The van der Waals surface area contributed by atoms with Crippen molar-refractivity contribution in [2.75, 3.05) is 6.61 Å². The third kappa shape index (κ3) is 3.28. The van der Waals surface area contributed by atoms with Crippen molar-refractivity contribution in [2.45, 2.75) is 30.7 Å². The molecule has 0 bridgehead atoms. The second kappa shape index (κ2) is 7.31. The number of rotatable bonds is 5. The van der Waals surface area contributed by atoms with Crippen LogP contribution in [-0.4, -0.2) is 37.2 Å². The highest BCUT2D eigenvalue weighted by molar-refractivity contribution is 7.90. The molecule has 10 heteroatoms. The SMILES string of the molecule is CCOc1cc(C#N)cc(Cl)c1OC(=O)c1ccc2c(c1)S(=O)(=O)N(C1CC1)C2=O. The maximum absolute atomic E-state index is 12.8. The molecule has 4 rings (SSSR count). The van der Waals surface area contributed by atoms with Crippen LogP contribution in [0.3, 0.4) is 0 Å². The molecule has 2 aliphatic rings. The molecule has 0 spiro atoms. The number of hydrogen-bond donors (Lipinski definition) is 0. The molecule has 8 nitrogen and oxygen atoms in total. The quantitative estimate of drug-likeness (QED) is 0.512. The van der Waals surface area contributed by atoms with Gasteiger partial charge in [-0.25, -0.2) is 17.5 Å². The van der Waals surface area contributed by atoms with Gasteiger partial charge in [0.1, 0.15) is 4.90 Å². The molecule has 154 valence electrons. The van der Waals surface area contributed by atoms with Crippen LogP contribution in [0.5, 0.6) is 11.5 Å². The fourth-order valence-corrected chi connectivity index (χ4v) is 5.28. The molecule has 1 aliphatic heterocycles. The van der Waals surface area contributed by atoms with Gasteiger partial charge in [0.05, 0.1) is 34.4 Å². The van der Waals surface area contributed by atoms with Gasteiger partial charge in [-0.15, -0.1) is 0 Å². The summed E-state index contributed by atoms with van der Waals surface area (Å²) in [4.78, 5) is 24.9. The lowest BCUT2D eigenvalue weighted by Crippen LogP contribution is -2.31. The van der Waals surface area contributed by atoms with E-state index in [0.29, 0.717) is 12.8 Å². The summed E-state index contributed by atoms with van der Waals surface area (Å²) in [6.45, 7) is 1.96. The average molecular weight is 447 g/mol. The van der Waals surface area contributed by atoms with Crippen LogP contribution in [0.25, 0.3) is 0 Å². The standard InChI is InChI=1S/C20H15ClN2O6S/c1-2-28-16-8-11(10-22)7-15(21)18(16)29-20(25)12-3-6-14-17(9-12)30(26,27)23(19(14)24)13-4-5-13/h3,6-9,13H,2,4-5H2,1H3. The number of nitrogens with zero attached hydrogens (tertiary/aromatic N) is 2. The second-order valence-electron chi connectivity index (χ2n) is 6.77. The summed E-state index contributed by atoms with van der Waals surface area (Å²) >= 11 is 6.14. The van der Waals surface area contributed by atoms with Crippen LogP contribution < -0.4 is 9.47 Å². The lowest BCUT2D eigenvalue weighted by Gasteiger charge is -2.13. The van der Waals surface area contributed by atoms with Crippen molar-refractivity contribution in [1.82, 2.24) is 4.31 Å². The largest absolute Gasteiger partial charge is 0.490 e. The fraction of sp³-hybridized carbons (Fsp3) is 0.250. The van der Waals surface area contributed by atoms with Crippen LogP contribution in [0.15, 0.2) is 35.2 Å². The van der Waals surface area contributed by atoms with Crippen LogP contribution in [0.1, 0.15) is 46.0 Å². The van der Waals surface area contributed by atoms with E-state index in [2.05, 4.69) is 0 Å². The molecule has 1 saturated carbocycles. The molecule has 0 N–H and O–H groups in total. The van der Waals surface area contributed by atoms with Crippen LogP contribution in [0.2, 0.25) is 5.02 Å². The number of nitriles is 1. The normalized spacial score (nSPS) is 16.7. The summed E-state index contributed by atoms with van der Waals surface area (Å²) in [5.74, 6) is -1.43. The van der Waals surface area contributed by atoms with E-state index in [1.807, 2.05) is 6.07 Å². The number of carbonyl (C=O) groups excluding carboxylic acids is 2. The zero-order valence-corrected chi connectivity index (χ0v) is 17.3. The lowest BCUT2D eigenvalue weighted by atomic mass is 10.1. The second-order valence-corrected chi connectivity index (χ2v) is 8.96. The molecule has 0 radical (unpaired) electrons. The van der Waals surface area contributed by atoms with Gasteiger partial charge in [-0.2, -0.15) is 5.26 Å². The van der Waals surface area contributed by atoms with Crippen LogP contribution in [0, 0.1) is 11.3 Å². The Kier molecular flexibility index (Phi) is 4.92. The van der Waals surface area contributed by atoms with E-state index >= 15 is 0 Å². The van der Waals surface area contributed by atoms with Gasteiger partial charge in [-0.1, -0.05) is 11.6 Å². The average Bonchev–Trinajstić information content (AvgIpc) is 3.51. The minimum absolute atomic E-state index is 0.00489. The number of hydrogen-bond acceptors (Lipinski definition) is 7. The first-order valence-electron chi connectivity index (χ1n) is 9.09. The number of halogens is 1. The molecule has 0 unspecified atom stereocenters. The third-order valence-electron chi connectivity index (χ3n) is 4.70. The molecule has 1 amide bonds. The van der Waals surface area contributed by atoms with Crippen molar-refractivity contribution in [3.8, 4) is 17.6 Å². The highest BCUT2D eigenvalue weighted by atomic mass is 35.5. The molecule has 1 heterocycles. The molecule has 1 aliphatic carbocycles. The van der Waals surface area contributed by atoms with Crippen molar-refractivity contribution in [3.05, 3.63) is 52.0 Å². The van der Waals surface area contributed by atoms with Gasteiger partial charge in [-0.05, 0) is 44.0 Å². The highest BCUT2D eigenvalue weighted by Crippen LogP contribution is 2.40. The van der Waals surface area contributed by atoms with E-state index in [4.69, 9.17) is 26.3 Å². The lowest BCUT2D eigenvalue weighted by molar-refractivity contribution is 0.0727. The molecular weight excluding hydrogens is 432 g/mol. The maximum Gasteiger partial charge on any atom is 0.343 e. The minimum Gasteiger partial charge on any atom is -0.490 e. The zero-order chi connectivity index (χ0) is 21.6. The predicted octanol–water partition coefficient (Wildman–Crippen LogP) is 3.14. The molecule has 0 aromatic heterocycles. The van der Waals surface area contributed by atoms with Gasteiger partial charge in [0.25, 0.3) is 15.9 Å². The topological polar surface area (TPSA) is 114 Å². The minimum atomic E-state index is -4.01. The number of fused-ring (bicyclic) bond motifs is 1. The van der Waals surface area contributed by atoms with Crippen LogP contribution in [-0.2, 0) is 10.0 Å². The van der Waals surface area contributed by atoms with E-state index in [-0.39, 0.29) is 50.8 Å². The number of benzene rings is 2. The number of esters is 1. The predicted molar refractivity (Wildman–Crippen MR) is 105 cm³/mol. The Labute approximate surface area is 177 Å². The Balaban J connectivity index is 1.68. The van der Waals surface area contributed by atoms with Gasteiger partial charge in [0.15, 0.2) is 11.5 Å². The van der Waals surface area contributed by atoms with E-state index in [0.717, 1.165) is 10.4 Å². The van der Waals surface area contributed by atoms with E-state index in [1.165, 1.54) is 24.3 Å². The molecule has 0 saturated heterocycles. The number of carbonyl (C=O) groups is 2. The first-order chi connectivity index (χ1) is 14.3. The summed E-state index contributed by atoms with van der Waals surface area (Å²) in [5, 5.41) is 9.07. The number of ether oxygens (including phenoxy) is 2. The summed E-state index contributed by atoms with van der Waals surface area (Å²) in [6.07, 6.45) is 1.26. The fourth-order valence-electron chi connectivity index (χ4n) is 3.19. The molecule has 2 aromatic carbocycles. The Bertz CT molecular complexity index is 1230. The Morgan fingerprint density at radius 1 is 1.30 bits per heavy atom. The third-order valence-corrected chi connectivity index (χ3v) is 6.85. The monoisotopic (exact) mass is 446 g/mol. The first kappa shape index (κ1) is 20.2. The van der Waals surface area contributed by atoms with Crippen molar-refractivity contribution < 1.29 is 27.5 Å². The van der Waals surface area contributed by atoms with Gasteiger partial charge < -0.3 is 9.47 Å². The molecular formula is C20H15ClN2O6S. The Morgan fingerprint density at radius 2 is 2.03 bits per heavy atom. The van der Waals surface area contributed by atoms with Gasteiger partial charge in [-0.3, -0.25) is 4.79 Å². The molecule has 2 aromatic rings. The van der Waals surface area contributed by atoms with Crippen LogP contribution >= 0.6 is 11.6 Å². The number of amides is 1. The Hall–Kier alpha value is -3.09. The summed E-state index contributed by atoms with van der Waals surface area (Å²) in [5.41, 5.74) is 0.195. The van der Waals surface area contributed by atoms with Crippen molar-refractivity contribution >= 4 is 33.5 Å². The van der Waals surface area contributed by atoms with E-state index < -0.39 is 21.9 Å².